The summed E-state index contributed by atoms with van der Waals surface area (Å²) in [5.41, 5.74) is -0.744. The van der Waals surface area contributed by atoms with Crippen molar-refractivity contribution in [2.24, 2.45) is 23.2 Å². The van der Waals surface area contributed by atoms with Gasteiger partial charge in [0.1, 0.15) is 24.0 Å². The van der Waals surface area contributed by atoms with Gasteiger partial charge in [-0.1, -0.05) is 41.0 Å². The van der Waals surface area contributed by atoms with Crippen LogP contribution in [0.3, 0.4) is 0 Å². The first-order valence-electron chi connectivity index (χ1n) is 17.6. The highest BCUT2D eigenvalue weighted by Gasteiger charge is 2.49. The normalized spacial score (nSPS) is 23.7. The van der Waals surface area contributed by atoms with Crippen molar-refractivity contribution in [1.29, 1.82) is 0 Å². The Bertz CT molecular complexity index is 1590. The molecule has 2 saturated carbocycles. The summed E-state index contributed by atoms with van der Waals surface area (Å²) in [7, 11) is 0. The van der Waals surface area contributed by atoms with Crippen LogP contribution in [-0.4, -0.2) is 61.7 Å². The van der Waals surface area contributed by atoms with E-state index in [2.05, 4.69) is 47.0 Å². The van der Waals surface area contributed by atoms with Crippen LogP contribution >= 0.6 is 0 Å². The second-order valence-corrected chi connectivity index (χ2v) is 15.0. The molecule has 4 N–H and O–H groups in total. The van der Waals surface area contributed by atoms with Crippen molar-refractivity contribution >= 4 is 35.1 Å². The van der Waals surface area contributed by atoms with E-state index in [1.54, 1.807) is 23.8 Å². The molecule has 0 aromatic carbocycles. The maximum absolute atomic E-state index is 13.5. The summed E-state index contributed by atoms with van der Waals surface area (Å²) in [6.45, 7) is 13.2. The molecule has 268 valence electrons. The maximum atomic E-state index is 13.5. The van der Waals surface area contributed by atoms with Gasteiger partial charge in [-0.05, 0) is 80.8 Å². The highest BCUT2D eigenvalue weighted by molar-refractivity contribution is 6.36. The standard InChI is InChI=1S/C36H53N7O6/c1-7-35(6)16-25-14-24(5)15-36(17-25,21-35)41-30(45)20-43-13-9-10-27(34(43)49)40-31(46)26(11-12-29(44)33(48)37-8-2)39-32(47)28-19-42(22-38-28)18-23(3)4/h9-10,13,19,22-26H,7-8,11-12,14-18,20-21H2,1-6H3,(H,37,48)(H,39,47)(H,40,46)(H,41,45). The molecule has 0 spiro atoms. The van der Waals surface area contributed by atoms with Gasteiger partial charge in [-0.2, -0.15) is 0 Å². The average molecular weight is 680 g/mol. The summed E-state index contributed by atoms with van der Waals surface area (Å²) in [6.07, 6.45) is 10.2. The number of carbonyl (C=O) groups excluding carboxylic acids is 5. The molecule has 0 saturated heterocycles. The van der Waals surface area contributed by atoms with E-state index in [9.17, 15) is 28.8 Å². The summed E-state index contributed by atoms with van der Waals surface area (Å²) in [5, 5.41) is 10.9. The number of amides is 4. The van der Waals surface area contributed by atoms with E-state index in [4.69, 9.17) is 0 Å². The van der Waals surface area contributed by atoms with E-state index in [-0.39, 0.29) is 54.2 Å². The van der Waals surface area contributed by atoms with Crippen LogP contribution in [0.2, 0.25) is 0 Å². The van der Waals surface area contributed by atoms with Gasteiger partial charge in [-0.15, -0.1) is 0 Å². The van der Waals surface area contributed by atoms with Gasteiger partial charge in [0.15, 0.2) is 0 Å². The number of carbonyl (C=O) groups is 5. The lowest BCUT2D eigenvalue weighted by molar-refractivity contribution is -0.138. The van der Waals surface area contributed by atoms with Gasteiger partial charge in [0.25, 0.3) is 17.4 Å². The number of fused-ring (bicyclic) bond motifs is 2. The highest BCUT2D eigenvalue weighted by atomic mass is 16.2. The first-order valence-corrected chi connectivity index (χ1v) is 17.6. The molecular formula is C36H53N7O6. The van der Waals surface area contributed by atoms with Crippen LogP contribution in [0, 0.1) is 23.2 Å². The molecule has 49 heavy (non-hydrogen) atoms. The monoisotopic (exact) mass is 679 g/mol. The predicted molar refractivity (Wildman–Crippen MR) is 186 cm³/mol. The quantitative estimate of drug-likeness (QED) is 0.209. The van der Waals surface area contributed by atoms with Gasteiger partial charge < -0.3 is 30.4 Å². The van der Waals surface area contributed by atoms with Gasteiger partial charge in [0.05, 0.1) is 6.33 Å². The van der Waals surface area contributed by atoms with Crippen molar-refractivity contribution < 1.29 is 24.0 Å². The molecule has 0 aliphatic heterocycles. The number of aromatic nitrogens is 3. The predicted octanol–water partition coefficient (Wildman–Crippen LogP) is 3.42. The number of imidazole rings is 1. The number of nitrogens with zero attached hydrogens (tertiary/aromatic N) is 3. The molecule has 2 bridgehead atoms. The van der Waals surface area contributed by atoms with Crippen molar-refractivity contribution in [3.8, 4) is 0 Å². The number of nitrogens with one attached hydrogen (secondary N) is 4. The molecule has 2 fully saturated rings. The molecule has 13 nitrogen and oxygen atoms in total. The number of hydrogen-bond acceptors (Lipinski definition) is 7. The third-order valence-corrected chi connectivity index (χ3v) is 9.87. The molecular weight excluding hydrogens is 626 g/mol. The van der Waals surface area contributed by atoms with Gasteiger partial charge >= 0.3 is 0 Å². The maximum Gasteiger partial charge on any atom is 0.287 e. The fraction of sp³-hybridized carbons (Fsp3) is 0.639. The molecule has 4 amide bonds. The molecule has 2 aliphatic carbocycles. The number of pyridine rings is 1. The molecule has 5 atom stereocenters. The van der Waals surface area contributed by atoms with Gasteiger partial charge in [0, 0.05) is 37.4 Å². The zero-order valence-electron chi connectivity index (χ0n) is 29.8. The number of Topliss-reactive ketones (excluding diaryl/α,β-unsaturated/α-hetero) is 1. The largest absolute Gasteiger partial charge is 0.350 e. The van der Waals surface area contributed by atoms with Crippen molar-refractivity contribution in [2.45, 2.75) is 118 Å². The Morgan fingerprint density at radius 3 is 2.55 bits per heavy atom. The Morgan fingerprint density at radius 2 is 1.86 bits per heavy atom. The molecule has 13 heteroatoms. The Balaban J connectivity index is 1.47. The Morgan fingerprint density at radius 1 is 1.10 bits per heavy atom. The number of ketones is 1. The van der Waals surface area contributed by atoms with Crippen molar-refractivity contribution in [3.63, 3.8) is 0 Å². The van der Waals surface area contributed by atoms with E-state index in [1.807, 2.05) is 13.8 Å². The summed E-state index contributed by atoms with van der Waals surface area (Å²) in [4.78, 5) is 82.2. The van der Waals surface area contributed by atoms with Crippen LogP contribution in [0.15, 0.2) is 35.6 Å². The fourth-order valence-electron chi connectivity index (χ4n) is 7.95. The van der Waals surface area contributed by atoms with E-state index < -0.39 is 35.1 Å². The third kappa shape index (κ3) is 9.88. The number of rotatable bonds is 15. The zero-order valence-corrected chi connectivity index (χ0v) is 29.8. The number of anilines is 1. The van der Waals surface area contributed by atoms with Crippen LogP contribution in [0.25, 0.3) is 0 Å². The second-order valence-electron chi connectivity index (χ2n) is 15.0. The summed E-state index contributed by atoms with van der Waals surface area (Å²) in [6, 6.07) is 1.71. The lowest BCUT2D eigenvalue weighted by Crippen LogP contribution is -2.59. The summed E-state index contributed by atoms with van der Waals surface area (Å²) < 4.78 is 3.01. The first kappa shape index (κ1) is 37.5. The molecule has 2 aromatic rings. The second kappa shape index (κ2) is 15.9. The van der Waals surface area contributed by atoms with E-state index in [0.717, 1.165) is 38.5 Å². The third-order valence-electron chi connectivity index (χ3n) is 9.87. The van der Waals surface area contributed by atoms with Gasteiger partial charge in [-0.25, -0.2) is 4.98 Å². The van der Waals surface area contributed by atoms with Crippen LogP contribution < -0.4 is 26.8 Å². The molecule has 2 aliphatic rings. The number of likely N-dealkylation sites (N-methyl/N-ethyl adjacent to an activating group) is 1. The average Bonchev–Trinajstić information content (AvgIpc) is 3.48. The van der Waals surface area contributed by atoms with E-state index in [1.165, 1.54) is 23.2 Å². The Labute approximate surface area is 288 Å². The fourth-order valence-corrected chi connectivity index (χ4v) is 7.95. The van der Waals surface area contributed by atoms with Crippen molar-refractivity contribution in [3.05, 3.63) is 46.9 Å². The Kier molecular flexibility index (Phi) is 12.2. The SMILES string of the molecule is CCNC(=O)C(=O)CCC(NC(=O)c1cn(CC(C)C)cn1)C(=O)Nc1cccn(CC(=O)NC23CC(C)CC(CC(C)(CC)C2)C3)c1=O. The lowest BCUT2D eigenvalue weighted by atomic mass is 9.55. The number of hydrogen-bond donors (Lipinski definition) is 4. The highest BCUT2D eigenvalue weighted by Crippen LogP contribution is 2.53. The topological polar surface area (TPSA) is 173 Å². The minimum atomic E-state index is -1.27. The minimum absolute atomic E-state index is 0.0805. The van der Waals surface area contributed by atoms with Crippen molar-refractivity contribution in [2.75, 3.05) is 11.9 Å². The van der Waals surface area contributed by atoms with Crippen molar-refractivity contribution in [1.82, 2.24) is 30.1 Å². The molecule has 0 radical (unpaired) electrons. The smallest absolute Gasteiger partial charge is 0.287 e. The first-order chi connectivity index (χ1) is 23.1. The van der Waals surface area contributed by atoms with Crippen LogP contribution in [0.5, 0.6) is 0 Å². The van der Waals surface area contributed by atoms with Crippen LogP contribution in [0.1, 0.15) is 103 Å². The van der Waals surface area contributed by atoms with Crippen LogP contribution in [-0.2, 0) is 32.3 Å². The Hall–Kier alpha value is -4.29. The molecule has 4 rings (SSSR count). The minimum Gasteiger partial charge on any atom is -0.350 e. The van der Waals surface area contributed by atoms with E-state index in [0.29, 0.717) is 24.3 Å². The molecule has 2 heterocycles. The van der Waals surface area contributed by atoms with Gasteiger partial charge in [0.2, 0.25) is 17.6 Å². The lowest BCUT2D eigenvalue weighted by Gasteiger charge is -2.54. The summed E-state index contributed by atoms with van der Waals surface area (Å²) >= 11 is 0. The molecule has 5 unspecified atom stereocenters. The summed E-state index contributed by atoms with van der Waals surface area (Å²) in [5.74, 6) is -1.79. The van der Waals surface area contributed by atoms with E-state index >= 15 is 0 Å². The zero-order chi connectivity index (χ0) is 35.9. The molecule has 2 aromatic heterocycles. The van der Waals surface area contributed by atoms with Crippen LogP contribution in [0.4, 0.5) is 5.69 Å². The van der Waals surface area contributed by atoms with Gasteiger partial charge in [-0.3, -0.25) is 28.8 Å².